The molecule has 1 heterocycles. The molecule has 1 fully saturated rings. The van der Waals surface area contributed by atoms with Crippen molar-refractivity contribution < 1.29 is 14.7 Å². The van der Waals surface area contributed by atoms with E-state index in [0.29, 0.717) is 16.9 Å². The van der Waals surface area contributed by atoms with Crippen LogP contribution < -0.4 is 0 Å². The van der Waals surface area contributed by atoms with Gasteiger partial charge in [-0.15, -0.1) is 0 Å². The standard InChI is InChI=1S/C23H16BrN3O3S/c24-19-9-5-4-6-15(19)14-27-22(29)21(31-23(27)30)13-16-12-18(10-11-20(16)28)26-25-17-7-2-1-3-8-17/h1-13,28H,14H2/b21-13-,26-25?. The van der Waals surface area contributed by atoms with E-state index in [1.807, 2.05) is 54.6 Å². The van der Waals surface area contributed by atoms with E-state index in [4.69, 9.17) is 0 Å². The van der Waals surface area contributed by atoms with Gasteiger partial charge in [-0.25, -0.2) is 0 Å². The Morgan fingerprint density at radius 1 is 0.935 bits per heavy atom. The molecule has 0 saturated carbocycles. The minimum absolute atomic E-state index is 0.0173. The summed E-state index contributed by atoms with van der Waals surface area (Å²) in [6.45, 7) is 0.167. The smallest absolute Gasteiger partial charge is 0.293 e. The Bertz CT molecular complexity index is 1210. The lowest BCUT2D eigenvalue weighted by Crippen LogP contribution is -2.27. The molecular weight excluding hydrogens is 478 g/mol. The molecule has 2 amide bonds. The molecule has 0 bridgehead atoms. The number of carbonyl (C=O) groups excluding carboxylic acids is 2. The minimum atomic E-state index is -0.401. The molecule has 3 aromatic carbocycles. The molecule has 4 rings (SSSR count). The van der Waals surface area contributed by atoms with Crippen molar-refractivity contribution in [1.29, 1.82) is 0 Å². The molecule has 154 valence electrons. The lowest BCUT2D eigenvalue weighted by atomic mass is 10.1. The van der Waals surface area contributed by atoms with Crippen molar-refractivity contribution in [2.75, 3.05) is 0 Å². The van der Waals surface area contributed by atoms with Crippen LogP contribution in [-0.2, 0) is 11.3 Å². The van der Waals surface area contributed by atoms with Crippen molar-refractivity contribution in [1.82, 2.24) is 4.90 Å². The molecule has 0 aliphatic carbocycles. The largest absolute Gasteiger partial charge is 0.507 e. The van der Waals surface area contributed by atoms with Gasteiger partial charge in [0, 0.05) is 10.0 Å². The third-order valence-corrected chi connectivity index (χ3v) is 6.18. The molecule has 6 nitrogen and oxygen atoms in total. The first-order valence-electron chi connectivity index (χ1n) is 9.30. The van der Waals surface area contributed by atoms with E-state index in [1.54, 1.807) is 12.1 Å². The zero-order chi connectivity index (χ0) is 21.8. The summed E-state index contributed by atoms with van der Waals surface area (Å²) in [7, 11) is 0. The summed E-state index contributed by atoms with van der Waals surface area (Å²) in [6, 6.07) is 21.4. The van der Waals surface area contributed by atoms with Crippen LogP contribution in [0.3, 0.4) is 0 Å². The van der Waals surface area contributed by atoms with Crippen LogP contribution in [0.15, 0.2) is 92.4 Å². The second kappa shape index (κ2) is 9.28. The molecule has 0 spiro atoms. The number of imide groups is 1. The van der Waals surface area contributed by atoms with Gasteiger partial charge in [-0.2, -0.15) is 10.2 Å². The zero-order valence-electron chi connectivity index (χ0n) is 16.1. The Morgan fingerprint density at radius 2 is 1.65 bits per heavy atom. The van der Waals surface area contributed by atoms with Crippen LogP contribution in [0.2, 0.25) is 0 Å². The molecule has 0 atom stereocenters. The molecule has 1 saturated heterocycles. The van der Waals surface area contributed by atoms with Gasteiger partial charge < -0.3 is 5.11 Å². The van der Waals surface area contributed by atoms with Crippen LogP contribution >= 0.6 is 27.7 Å². The fourth-order valence-corrected chi connectivity index (χ4v) is 4.14. The number of thioether (sulfide) groups is 1. The van der Waals surface area contributed by atoms with E-state index in [1.165, 1.54) is 17.0 Å². The lowest BCUT2D eigenvalue weighted by molar-refractivity contribution is -0.123. The fourth-order valence-electron chi connectivity index (χ4n) is 2.90. The second-order valence-corrected chi connectivity index (χ2v) is 8.49. The number of hydrogen-bond donors (Lipinski definition) is 1. The molecule has 1 N–H and O–H groups in total. The SMILES string of the molecule is O=C1S/C(=C\c2cc(N=Nc3ccccc3)ccc2O)C(=O)N1Cc1ccccc1Br. The second-order valence-electron chi connectivity index (χ2n) is 6.64. The van der Waals surface area contributed by atoms with Crippen molar-refractivity contribution >= 4 is 56.3 Å². The van der Waals surface area contributed by atoms with Crippen molar-refractivity contribution in [3.05, 3.63) is 93.3 Å². The van der Waals surface area contributed by atoms with E-state index in [2.05, 4.69) is 26.2 Å². The number of aromatic hydroxyl groups is 1. The Balaban J connectivity index is 1.57. The van der Waals surface area contributed by atoms with Gasteiger partial charge in [0.15, 0.2) is 0 Å². The maximum absolute atomic E-state index is 12.8. The first-order valence-corrected chi connectivity index (χ1v) is 10.9. The molecule has 0 unspecified atom stereocenters. The third kappa shape index (κ3) is 4.92. The number of carbonyl (C=O) groups is 2. The number of phenols is 1. The molecule has 8 heteroatoms. The number of phenolic OH excluding ortho intramolecular Hbond substituents is 1. The van der Waals surface area contributed by atoms with Gasteiger partial charge in [-0.1, -0.05) is 52.3 Å². The van der Waals surface area contributed by atoms with Gasteiger partial charge in [-0.05, 0) is 59.8 Å². The highest BCUT2D eigenvalue weighted by atomic mass is 79.9. The average molecular weight is 494 g/mol. The summed E-state index contributed by atoms with van der Waals surface area (Å²) >= 11 is 4.28. The minimum Gasteiger partial charge on any atom is -0.507 e. The topological polar surface area (TPSA) is 82.3 Å². The van der Waals surface area contributed by atoms with Gasteiger partial charge in [-0.3, -0.25) is 14.5 Å². The quantitative estimate of drug-likeness (QED) is 0.312. The summed E-state index contributed by atoms with van der Waals surface area (Å²) < 4.78 is 0.826. The van der Waals surface area contributed by atoms with Crippen molar-refractivity contribution in [3.8, 4) is 5.75 Å². The monoisotopic (exact) mass is 493 g/mol. The van der Waals surface area contributed by atoms with Gasteiger partial charge in [0.25, 0.3) is 11.1 Å². The number of hydrogen-bond acceptors (Lipinski definition) is 6. The molecular formula is C23H16BrN3O3S. The van der Waals surface area contributed by atoms with Gasteiger partial charge in [0.1, 0.15) is 5.75 Å². The van der Waals surface area contributed by atoms with E-state index >= 15 is 0 Å². The highest BCUT2D eigenvalue weighted by Crippen LogP contribution is 2.36. The van der Waals surface area contributed by atoms with Crippen LogP contribution in [0.5, 0.6) is 5.75 Å². The number of nitrogens with zero attached hydrogens (tertiary/aromatic N) is 3. The summed E-state index contributed by atoms with van der Waals surface area (Å²) in [6.07, 6.45) is 1.50. The van der Waals surface area contributed by atoms with E-state index in [9.17, 15) is 14.7 Å². The van der Waals surface area contributed by atoms with Crippen LogP contribution in [-0.4, -0.2) is 21.2 Å². The molecule has 1 aliphatic heterocycles. The van der Waals surface area contributed by atoms with Crippen molar-refractivity contribution in [2.45, 2.75) is 6.54 Å². The Hall–Kier alpha value is -3.23. The number of azo groups is 1. The molecule has 0 radical (unpaired) electrons. The predicted octanol–water partition coefficient (Wildman–Crippen LogP) is 6.81. The Morgan fingerprint density at radius 3 is 2.42 bits per heavy atom. The van der Waals surface area contributed by atoms with Crippen LogP contribution in [0.25, 0.3) is 6.08 Å². The molecule has 0 aromatic heterocycles. The number of amides is 2. The van der Waals surface area contributed by atoms with E-state index < -0.39 is 5.91 Å². The van der Waals surface area contributed by atoms with Crippen molar-refractivity contribution in [3.63, 3.8) is 0 Å². The summed E-state index contributed by atoms with van der Waals surface area (Å²) in [4.78, 5) is 26.7. The molecule has 1 aliphatic rings. The van der Waals surface area contributed by atoms with Crippen LogP contribution in [0.4, 0.5) is 16.2 Å². The predicted molar refractivity (Wildman–Crippen MR) is 124 cm³/mol. The highest BCUT2D eigenvalue weighted by molar-refractivity contribution is 9.10. The van der Waals surface area contributed by atoms with Gasteiger partial charge in [0.2, 0.25) is 0 Å². The number of halogens is 1. The molecule has 3 aromatic rings. The van der Waals surface area contributed by atoms with Gasteiger partial charge in [0.05, 0.1) is 22.8 Å². The van der Waals surface area contributed by atoms with Crippen LogP contribution in [0.1, 0.15) is 11.1 Å². The zero-order valence-corrected chi connectivity index (χ0v) is 18.5. The molecule has 31 heavy (non-hydrogen) atoms. The van der Waals surface area contributed by atoms with Crippen LogP contribution in [0, 0.1) is 0 Å². The fraction of sp³-hybridized carbons (Fsp3) is 0.0435. The lowest BCUT2D eigenvalue weighted by Gasteiger charge is -2.13. The normalized spacial score (nSPS) is 15.4. The van der Waals surface area contributed by atoms with Gasteiger partial charge >= 0.3 is 0 Å². The number of rotatable bonds is 5. The number of benzene rings is 3. The average Bonchev–Trinajstić information content (AvgIpc) is 3.04. The Kier molecular flexibility index (Phi) is 6.29. The highest BCUT2D eigenvalue weighted by Gasteiger charge is 2.35. The first kappa shape index (κ1) is 21.0. The third-order valence-electron chi connectivity index (χ3n) is 4.49. The van der Waals surface area contributed by atoms with E-state index in [-0.39, 0.29) is 22.4 Å². The maximum atomic E-state index is 12.8. The Labute approximate surface area is 191 Å². The summed E-state index contributed by atoms with van der Waals surface area (Å²) in [5.74, 6) is -0.419. The summed E-state index contributed by atoms with van der Waals surface area (Å²) in [5, 5.41) is 18.2. The van der Waals surface area contributed by atoms with Crippen molar-refractivity contribution in [2.24, 2.45) is 10.2 Å². The first-order chi connectivity index (χ1) is 15.0. The summed E-state index contributed by atoms with van der Waals surface area (Å²) in [5.41, 5.74) is 2.43. The maximum Gasteiger partial charge on any atom is 0.293 e. The van der Waals surface area contributed by atoms with E-state index in [0.717, 1.165) is 21.8 Å².